The minimum Gasteiger partial charge on any atom is -0.381 e. The molecule has 28 heavy (non-hydrogen) atoms. The number of amides is 1. The van der Waals surface area contributed by atoms with Crippen LogP contribution in [-0.2, 0) is 18.3 Å². The van der Waals surface area contributed by atoms with Crippen molar-refractivity contribution in [2.45, 2.75) is 46.1 Å². The smallest absolute Gasteiger partial charge is 0.257 e. The van der Waals surface area contributed by atoms with Crippen LogP contribution in [0.4, 0.5) is 0 Å². The van der Waals surface area contributed by atoms with Crippen LogP contribution in [0.25, 0.3) is 0 Å². The second-order valence-electron chi connectivity index (χ2n) is 8.72. The van der Waals surface area contributed by atoms with Gasteiger partial charge in [-0.25, -0.2) is 0 Å². The van der Waals surface area contributed by atoms with Crippen LogP contribution in [0.1, 0.15) is 54.5 Å². The molecule has 2 saturated heterocycles. The zero-order chi connectivity index (χ0) is 19.9. The number of hydrogen-bond acceptors (Lipinski definition) is 5. The Bertz CT molecular complexity index is 849. The quantitative estimate of drug-likeness (QED) is 0.803. The van der Waals surface area contributed by atoms with E-state index in [9.17, 15) is 4.79 Å². The van der Waals surface area contributed by atoms with E-state index in [0.29, 0.717) is 18.0 Å². The SMILES string of the molecule is Cc1c(C(=O)N2CC(c3nncn3CC(C)C)C3(CCOCC3)C2)cnn1C. The molecule has 0 bridgehead atoms. The van der Waals surface area contributed by atoms with Crippen molar-refractivity contribution >= 4 is 5.91 Å². The summed E-state index contributed by atoms with van der Waals surface area (Å²) >= 11 is 0. The number of nitrogens with zero attached hydrogens (tertiary/aromatic N) is 6. The minimum atomic E-state index is 0.00574. The van der Waals surface area contributed by atoms with Crippen LogP contribution in [0.3, 0.4) is 0 Å². The van der Waals surface area contributed by atoms with Crippen LogP contribution in [0.2, 0.25) is 0 Å². The van der Waals surface area contributed by atoms with Crippen LogP contribution in [0.15, 0.2) is 12.5 Å². The topological polar surface area (TPSA) is 78.1 Å². The normalized spacial score (nSPS) is 21.8. The van der Waals surface area contributed by atoms with Gasteiger partial charge in [0.15, 0.2) is 0 Å². The van der Waals surface area contributed by atoms with Crippen LogP contribution in [-0.4, -0.2) is 61.7 Å². The number of ether oxygens (including phenoxy) is 1. The first-order valence-corrected chi connectivity index (χ1v) is 10.1. The summed E-state index contributed by atoms with van der Waals surface area (Å²) in [5.41, 5.74) is 1.60. The lowest BCUT2D eigenvalue weighted by molar-refractivity contribution is 0.0106. The van der Waals surface area contributed by atoms with Gasteiger partial charge in [-0.3, -0.25) is 9.48 Å². The molecule has 2 aromatic heterocycles. The Balaban J connectivity index is 1.66. The number of rotatable bonds is 4. The van der Waals surface area contributed by atoms with E-state index in [-0.39, 0.29) is 17.2 Å². The van der Waals surface area contributed by atoms with E-state index < -0.39 is 0 Å². The maximum Gasteiger partial charge on any atom is 0.257 e. The molecule has 2 aliphatic heterocycles. The Morgan fingerprint density at radius 2 is 2.11 bits per heavy atom. The lowest BCUT2D eigenvalue weighted by atomic mass is 9.71. The zero-order valence-electron chi connectivity index (χ0n) is 17.3. The van der Waals surface area contributed by atoms with Gasteiger partial charge >= 0.3 is 0 Å². The highest BCUT2D eigenvalue weighted by Crippen LogP contribution is 2.49. The molecule has 1 spiro atoms. The first-order valence-electron chi connectivity index (χ1n) is 10.1. The third-order valence-corrected chi connectivity index (χ3v) is 6.41. The molecule has 2 aromatic rings. The summed E-state index contributed by atoms with van der Waals surface area (Å²) in [6.45, 7) is 10.1. The number of carbonyl (C=O) groups is 1. The fraction of sp³-hybridized carbons (Fsp3) is 0.700. The fourth-order valence-corrected chi connectivity index (χ4v) is 4.71. The van der Waals surface area contributed by atoms with Gasteiger partial charge in [0.1, 0.15) is 12.2 Å². The summed E-state index contributed by atoms with van der Waals surface area (Å²) in [6.07, 6.45) is 5.41. The molecule has 8 heteroatoms. The van der Waals surface area contributed by atoms with Gasteiger partial charge in [0, 0.05) is 56.9 Å². The number of aromatic nitrogens is 5. The van der Waals surface area contributed by atoms with Crippen molar-refractivity contribution in [3.05, 3.63) is 29.6 Å². The summed E-state index contributed by atoms with van der Waals surface area (Å²) in [7, 11) is 1.87. The molecule has 0 aromatic carbocycles. The molecule has 2 aliphatic rings. The van der Waals surface area contributed by atoms with Crippen molar-refractivity contribution in [3.63, 3.8) is 0 Å². The van der Waals surface area contributed by atoms with E-state index in [1.807, 2.05) is 25.2 Å². The predicted molar refractivity (Wildman–Crippen MR) is 104 cm³/mol. The molecule has 1 amide bonds. The molecule has 152 valence electrons. The third-order valence-electron chi connectivity index (χ3n) is 6.41. The number of hydrogen-bond donors (Lipinski definition) is 0. The van der Waals surface area contributed by atoms with Crippen LogP contribution in [0.5, 0.6) is 0 Å². The zero-order valence-corrected chi connectivity index (χ0v) is 17.3. The minimum absolute atomic E-state index is 0.00574. The highest BCUT2D eigenvalue weighted by molar-refractivity contribution is 5.95. The van der Waals surface area contributed by atoms with Crippen molar-refractivity contribution in [2.24, 2.45) is 18.4 Å². The fourth-order valence-electron chi connectivity index (χ4n) is 4.71. The molecule has 4 heterocycles. The first kappa shape index (κ1) is 19.1. The predicted octanol–water partition coefficient (Wildman–Crippen LogP) is 2.01. The average Bonchev–Trinajstić information content (AvgIpc) is 3.34. The summed E-state index contributed by atoms with van der Waals surface area (Å²) in [5, 5.41) is 13.0. The van der Waals surface area contributed by atoms with Crippen molar-refractivity contribution in [2.75, 3.05) is 26.3 Å². The molecule has 8 nitrogen and oxygen atoms in total. The largest absolute Gasteiger partial charge is 0.381 e. The van der Waals surface area contributed by atoms with Gasteiger partial charge in [0.05, 0.1) is 11.8 Å². The monoisotopic (exact) mass is 386 g/mol. The highest BCUT2D eigenvalue weighted by Gasteiger charge is 2.51. The van der Waals surface area contributed by atoms with E-state index in [2.05, 4.69) is 33.7 Å². The van der Waals surface area contributed by atoms with Crippen LogP contribution >= 0.6 is 0 Å². The van der Waals surface area contributed by atoms with Gasteiger partial charge in [-0.2, -0.15) is 5.10 Å². The number of aryl methyl sites for hydroxylation is 1. The van der Waals surface area contributed by atoms with Crippen LogP contribution in [0, 0.1) is 18.3 Å². The molecular formula is C20H30N6O2. The standard InChI is InChI=1S/C20H30N6O2/c1-14(2)10-26-13-21-23-18(26)17-11-25(12-20(17)5-7-28-8-6-20)19(27)16-9-22-24(4)15(16)3/h9,13-14,17H,5-8,10-12H2,1-4H3. The van der Waals surface area contributed by atoms with Crippen molar-refractivity contribution in [1.29, 1.82) is 0 Å². The molecule has 1 unspecified atom stereocenters. The van der Waals surface area contributed by atoms with Crippen molar-refractivity contribution < 1.29 is 9.53 Å². The first-order chi connectivity index (χ1) is 13.4. The average molecular weight is 387 g/mol. The maximum absolute atomic E-state index is 13.3. The van der Waals surface area contributed by atoms with Gasteiger partial charge in [-0.15, -0.1) is 10.2 Å². The van der Waals surface area contributed by atoms with Crippen molar-refractivity contribution in [1.82, 2.24) is 29.4 Å². The highest BCUT2D eigenvalue weighted by atomic mass is 16.5. The second kappa shape index (κ2) is 7.31. The molecule has 0 saturated carbocycles. The summed E-state index contributed by atoms with van der Waals surface area (Å²) < 4.78 is 9.59. The van der Waals surface area contributed by atoms with E-state index in [4.69, 9.17) is 4.74 Å². The molecule has 0 N–H and O–H groups in total. The molecule has 0 radical (unpaired) electrons. The Hall–Kier alpha value is -2.22. The lowest BCUT2D eigenvalue weighted by Gasteiger charge is -2.37. The van der Waals surface area contributed by atoms with Gasteiger partial charge in [0.2, 0.25) is 0 Å². The Morgan fingerprint density at radius 3 is 2.75 bits per heavy atom. The molecule has 1 atom stereocenters. The Labute approximate surface area is 165 Å². The summed E-state index contributed by atoms with van der Waals surface area (Å²) in [6, 6.07) is 0. The Morgan fingerprint density at radius 1 is 1.36 bits per heavy atom. The van der Waals surface area contributed by atoms with E-state index >= 15 is 0 Å². The molecular weight excluding hydrogens is 356 g/mol. The third kappa shape index (κ3) is 3.23. The van der Waals surface area contributed by atoms with Gasteiger partial charge in [0.25, 0.3) is 5.91 Å². The lowest BCUT2D eigenvalue weighted by Crippen LogP contribution is -2.38. The number of likely N-dealkylation sites (tertiary alicyclic amines) is 1. The number of carbonyl (C=O) groups excluding carboxylic acids is 1. The molecule has 2 fully saturated rings. The Kier molecular flexibility index (Phi) is 4.99. The molecule has 0 aliphatic carbocycles. The van der Waals surface area contributed by atoms with Crippen molar-refractivity contribution in [3.8, 4) is 0 Å². The van der Waals surface area contributed by atoms with Crippen LogP contribution < -0.4 is 0 Å². The maximum atomic E-state index is 13.3. The molecule has 4 rings (SSSR count). The summed E-state index contributed by atoms with van der Waals surface area (Å²) in [5.74, 6) is 1.76. The van der Waals surface area contributed by atoms with Gasteiger partial charge in [-0.05, 0) is 25.7 Å². The van der Waals surface area contributed by atoms with Gasteiger partial charge in [-0.1, -0.05) is 13.8 Å². The van der Waals surface area contributed by atoms with E-state index in [0.717, 1.165) is 50.7 Å². The second-order valence-corrected chi connectivity index (χ2v) is 8.72. The van der Waals surface area contributed by atoms with Gasteiger partial charge < -0.3 is 14.2 Å². The summed E-state index contributed by atoms with van der Waals surface area (Å²) in [4.78, 5) is 15.3. The van der Waals surface area contributed by atoms with E-state index in [1.54, 1.807) is 10.9 Å². The van der Waals surface area contributed by atoms with E-state index in [1.165, 1.54) is 0 Å².